The molecule has 82 valence electrons. The van der Waals surface area contributed by atoms with Gasteiger partial charge >= 0.3 is 6.09 Å². The molecule has 0 aliphatic rings. The first-order chi connectivity index (χ1) is 7.00. The second kappa shape index (κ2) is 5.24. The number of rotatable bonds is 2. The minimum atomic E-state index is -0.569. The maximum atomic E-state index is 11.3. The third-order valence-corrected chi connectivity index (χ3v) is 2.16. The van der Waals surface area contributed by atoms with E-state index in [9.17, 15) is 4.79 Å². The number of amides is 1. The second-order valence-electron chi connectivity index (χ2n) is 3.18. The molecule has 0 saturated heterocycles. The van der Waals surface area contributed by atoms with E-state index < -0.39 is 6.09 Å². The minimum Gasteiger partial charge on any atom is -0.447 e. The first kappa shape index (κ1) is 12.1. The molecule has 0 saturated carbocycles. The zero-order chi connectivity index (χ0) is 11.4. The Labute approximate surface area is 98.3 Å². The van der Waals surface area contributed by atoms with Crippen LogP contribution in [0, 0.1) is 0 Å². The van der Waals surface area contributed by atoms with Gasteiger partial charge in [0.1, 0.15) is 0 Å². The van der Waals surface area contributed by atoms with Gasteiger partial charge in [-0.05, 0) is 26.0 Å². The van der Waals surface area contributed by atoms with Gasteiger partial charge in [-0.25, -0.2) is 4.79 Å². The van der Waals surface area contributed by atoms with Crippen LogP contribution < -0.4 is 5.32 Å². The Morgan fingerprint density at radius 1 is 1.33 bits per heavy atom. The van der Waals surface area contributed by atoms with E-state index in [0.717, 1.165) is 0 Å². The predicted octanol–water partition coefficient (Wildman–Crippen LogP) is 3.95. The molecule has 0 fully saturated rings. The number of ether oxygens (including phenoxy) is 1. The van der Waals surface area contributed by atoms with Gasteiger partial charge in [0.15, 0.2) is 0 Å². The Balaban J connectivity index is 2.76. The summed E-state index contributed by atoms with van der Waals surface area (Å²) < 4.78 is 4.90. The van der Waals surface area contributed by atoms with E-state index in [4.69, 9.17) is 27.9 Å². The van der Waals surface area contributed by atoms with Crippen molar-refractivity contribution in [2.24, 2.45) is 0 Å². The molecule has 1 aromatic carbocycles. The zero-order valence-electron chi connectivity index (χ0n) is 8.38. The van der Waals surface area contributed by atoms with Gasteiger partial charge in [0, 0.05) is 0 Å². The van der Waals surface area contributed by atoms with Gasteiger partial charge in [-0.2, -0.15) is 0 Å². The number of hydrogen-bond acceptors (Lipinski definition) is 2. The van der Waals surface area contributed by atoms with Gasteiger partial charge in [0.2, 0.25) is 0 Å². The van der Waals surface area contributed by atoms with Crippen LogP contribution in [0.25, 0.3) is 0 Å². The van der Waals surface area contributed by atoms with Crippen LogP contribution in [0.3, 0.4) is 0 Å². The van der Waals surface area contributed by atoms with E-state index in [-0.39, 0.29) is 6.10 Å². The molecule has 0 radical (unpaired) electrons. The normalized spacial score (nSPS) is 10.2. The number of benzene rings is 1. The molecule has 0 spiro atoms. The third kappa shape index (κ3) is 3.61. The molecule has 0 aliphatic heterocycles. The van der Waals surface area contributed by atoms with Gasteiger partial charge in [-0.15, -0.1) is 0 Å². The van der Waals surface area contributed by atoms with E-state index in [1.54, 1.807) is 32.0 Å². The third-order valence-electron chi connectivity index (χ3n) is 1.53. The Kier molecular flexibility index (Phi) is 4.24. The van der Waals surface area contributed by atoms with Crippen molar-refractivity contribution < 1.29 is 9.53 Å². The van der Waals surface area contributed by atoms with Gasteiger partial charge in [-0.3, -0.25) is 5.32 Å². The fourth-order valence-electron chi connectivity index (χ4n) is 0.963. The van der Waals surface area contributed by atoms with Crippen molar-refractivity contribution in [3.05, 3.63) is 28.2 Å². The molecule has 1 rings (SSSR count). The molecule has 15 heavy (non-hydrogen) atoms. The van der Waals surface area contributed by atoms with Crippen LogP contribution in [-0.4, -0.2) is 12.2 Å². The molecule has 5 heteroatoms. The first-order valence-electron chi connectivity index (χ1n) is 4.42. The first-order valence-corrected chi connectivity index (χ1v) is 5.18. The SMILES string of the molecule is CC(C)OC(=O)Nc1c(Cl)cccc1Cl. The molecular formula is C10H11Cl2NO2. The van der Waals surface area contributed by atoms with Crippen molar-refractivity contribution in [1.29, 1.82) is 0 Å². The molecule has 0 atom stereocenters. The molecular weight excluding hydrogens is 237 g/mol. The number of para-hydroxylation sites is 1. The minimum absolute atomic E-state index is 0.189. The highest BCUT2D eigenvalue weighted by atomic mass is 35.5. The lowest BCUT2D eigenvalue weighted by molar-refractivity contribution is 0.130. The topological polar surface area (TPSA) is 38.3 Å². The summed E-state index contributed by atoms with van der Waals surface area (Å²) in [6.45, 7) is 3.52. The van der Waals surface area contributed by atoms with Gasteiger partial charge in [0.25, 0.3) is 0 Å². The van der Waals surface area contributed by atoms with Crippen LogP contribution in [0.4, 0.5) is 10.5 Å². The lowest BCUT2D eigenvalue weighted by Gasteiger charge is -2.11. The maximum absolute atomic E-state index is 11.3. The van der Waals surface area contributed by atoms with Crippen molar-refractivity contribution in [2.45, 2.75) is 20.0 Å². The van der Waals surface area contributed by atoms with Crippen molar-refractivity contribution in [1.82, 2.24) is 0 Å². The Morgan fingerprint density at radius 2 is 1.87 bits per heavy atom. The van der Waals surface area contributed by atoms with Gasteiger partial charge < -0.3 is 4.74 Å². The fraction of sp³-hybridized carbons (Fsp3) is 0.300. The van der Waals surface area contributed by atoms with E-state index in [1.165, 1.54) is 0 Å². The number of halogens is 2. The van der Waals surface area contributed by atoms with E-state index in [1.807, 2.05) is 0 Å². The number of nitrogens with one attached hydrogen (secondary N) is 1. The molecule has 1 amide bonds. The quantitative estimate of drug-likeness (QED) is 0.860. The van der Waals surface area contributed by atoms with Crippen LogP contribution in [0.2, 0.25) is 10.0 Å². The van der Waals surface area contributed by atoms with Crippen LogP contribution in [-0.2, 0) is 4.74 Å². The molecule has 3 nitrogen and oxygen atoms in total. The van der Waals surface area contributed by atoms with Gasteiger partial charge in [-0.1, -0.05) is 29.3 Å². The van der Waals surface area contributed by atoms with Gasteiger partial charge in [0.05, 0.1) is 21.8 Å². The average molecular weight is 248 g/mol. The van der Waals surface area contributed by atoms with Crippen molar-refractivity contribution in [3.8, 4) is 0 Å². The molecule has 0 aromatic heterocycles. The largest absolute Gasteiger partial charge is 0.447 e. The summed E-state index contributed by atoms with van der Waals surface area (Å²) in [7, 11) is 0. The predicted molar refractivity (Wildman–Crippen MR) is 61.7 cm³/mol. The standard InChI is InChI=1S/C10H11Cl2NO2/c1-6(2)15-10(14)13-9-7(11)4-3-5-8(9)12/h3-6H,1-2H3,(H,13,14). The summed E-state index contributed by atoms with van der Waals surface area (Å²) in [6.07, 6.45) is -0.758. The van der Waals surface area contributed by atoms with Crippen LogP contribution in [0.15, 0.2) is 18.2 Å². The maximum Gasteiger partial charge on any atom is 0.411 e. The van der Waals surface area contributed by atoms with Crippen molar-refractivity contribution >= 4 is 35.0 Å². The smallest absolute Gasteiger partial charge is 0.411 e. The summed E-state index contributed by atoms with van der Waals surface area (Å²) in [5.41, 5.74) is 0.367. The number of hydrogen-bond donors (Lipinski definition) is 1. The number of carbonyl (C=O) groups is 1. The molecule has 0 unspecified atom stereocenters. The number of anilines is 1. The van der Waals surface area contributed by atoms with Crippen LogP contribution in [0.5, 0.6) is 0 Å². The summed E-state index contributed by atoms with van der Waals surface area (Å²) in [5, 5.41) is 3.24. The lowest BCUT2D eigenvalue weighted by Crippen LogP contribution is -2.18. The highest BCUT2D eigenvalue weighted by molar-refractivity contribution is 6.39. The number of carbonyl (C=O) groups excluding carboxylic acids is 1. The zero-order valence-corrected chi connectivity index (χ0v) is 9.89. The molecule has 0 heterocycles. The van der Waals surface area contributed by atoms with Crippen LogP contribution in [0.1, 0.15) is 13.8 Å². The van der Waals surface area contributed by atoms with Crippen molar-refractivity contribution in [2.75, 3.05) is 5.32 Å². The van der Waals surface area contributed by atoms with E-state index >= 15 is 0 Å². The Morgan fingerprint density at radius 3 is 2.33 bits per heavy atom. The summed E-state index contributed by atoms with van der Waals surface area (Å²) in [5.74, 6) is 0. The average Bonchev–Trinajstić information content (AvgIpc) is 2.10. The molecule has 0 bridgehead atoms. The molecule has 0 aliphatic carbocycles. The summed E-state index contributed by atoms with van der Waals surface area (Å²) in [4.78, 5) is 11.3. The highest BCUT2D eigenvalue weighted by Gasteiger charge is 2.10. The lowest BCUT2D eigenvalue weighted by atomic mass is 10.3. The van der Waals surface area contributed by atoms with Crippen LogP contribution >= 0.6 is 23.2 Å². The molecule has 1 aromatic rings. The molecule has 1 N–H and O–H groups in total. The summed E-state index contributed by atoms with van der Waals surface area (Å²) >= 11 is 11.7. The highest BCUT2D eigenvalue weighted by Crippen LogP contribution is 2.29. The van der Waals surface area contributed by atoms with E-state index in [0.29, 0.717) is 15.7 Å². The Hall–Kier alpha value is -0.930. The van der Waals surface area contributed by atoms with E-state index in [2.05, 4.69) is 5.32 Å². The van der Waals surface area contributed by atoms with Crippen molar-refractivity contribution in [3.63, 3.8) is 0 Å². The summed E-state index contributed by atoms with van der Waals surface area (Å²) in [6, 6.07) is 4.97. The fourth-order valence-corrected chi connectivity index (χ4v) is 1.45. The second-order valence-corrected chi connectivity index (χ2v) is 3.99. The monoisotopic (exact) mass is 247 g/mol. The Bertz CT molecular complexity index is 346.